The number of aromatic nitrogens is 1. The highest BCUT2D eigenvalue weighted by Gasteiger charge is 2.29. The zero-order valence-electron chi connectivity index (χ0n) is 16.0. The largest absolute Gasteiger partial charge is 0.492 e. The summed E-state index contributed by atoms with van der Waals surface area (Å²) in [4.78, 5) is 28.0. The topological polar surface area (TPSA) is 75.0 Å². The van der Waals surface area contributed by atoms with Gasteiger partial charge in [-0.05, 0) is 20.0 Å². The van der Waals surface area contributed by atoms with Gasteiger partial charge in [0, 0.05) is 31.9 Å². The first kappa shape index (κ1) is 20.1. The van der Waals surface area contributed by atoms with Crippen LogP contribution in [0.5, 0.6) is 5.75 Å². The summed E-state index contributed by atoms with van der Waals surface area (Å²) in [6.45, 7) is 2.89. The number of carboxylic acids is 1. The van der Waals surface area contributed by atoms with Gasteiger partial charge in [0.25, 0.3) is 0 Å². The molecular weight excluding hydrogens is 372 g/mol. The number of likely N-dealkylation sites (N-methyl/N-ethyl adjacent to an activating group) is 1. The van der Waals surface area contributed by atoms with Crippen LogP contribution in [0.25, 0.3) is 10.9 Å². The van der Waals surface area contributed by atoms with Crippen LogP contribution in [0.1, 0.15) is 17.3 Å². The summed E-state index contributed by atoms with van der Waals surface area (Å²) in [6.07, 6.45) is 1.09. The molecule has 1 fully saturated rings. The lowest BCUT2D eigenvalue weighted by atomic mass is 10.1. The number of rotatable bonds is 5. The molecule has 7 nitrogen and oxygen atoms in total. The lowest BCUT2D eigenvalue weighted by molar-refractivity contribution is 0.0694. The van der Waals surface area contributed by atoms with Gasteiger partial charge < -0.3 is 24.2 Å². The molecule has 1 aromatic heterocycles. The molecule has 1 N–H and O–H groups in total. The van der Waals surface area contributed by atoms with Crippen molar-refractivity contribution in [2.24, 2.45) is 0 Å². The van der Waals surface area contributed by atoms with Crippen LogP contribution in [0, 0.1) is 5.82 Å². The summed E-state index contributed by atoms with van der Waals surface area (Å²) < 4.78 is 35.0. The number of aryl methyl sites for hydroxylation is 1. The molecule has 1 aromatic carbocycles. The quantitative estimate of drug-likeness (QED) is 0.834. The Morgan fingerprint density at radius 2 is 2.11 bits per heavy atom. The van der Waals surface area contributed by atoms with Gasteiger partial charge in [-0.25, -0.2) is 13.6 Å². The predicted molar refractivity (Wildman–Crippen MR) is 102 cm³/mol. The summed E-state index contributed by atoms with van der Waals surface area (Å²) in [5, 5.41) is 9.14. The molecule has 1 unspecified atom stereocenters. The van der Waals surface area contributed by atoms with E-state index in [1.807, 2.05) is 18.9 Å². The number of ether oxygens (including phenoxy) is 1. The zero-order chi connectivity index (χ0) is 20.6. The van der Waals surface area contributed by atoms with Crippen molar-refractivity contribution in [3.05, 3.63) is 33.9 Å². The van der Waals surface area contributed by atoms with E-state index in [4.69, 9.17) is 4.74 Å². The molecule has 3 rings (SSSR count). The maximum atomic E-state index is 15.1. The van der Waals surface area contributed by atoms with Gasteiger partial charge in [0.15, 0.2) is 11.6 Å². The Hall–Kier alpha value is -2.68. The van der Waals surface area contributed by atoms with Gasteiger partial charge in [0.05, 0.1) is 24.6 Å². The molecular formula is C19H23F2N3O4. The van der Waals surface area contributed by atoms with E-state index in [1.165, 1.54) is 11.7 Å². The molecule has 1 saturated heterocycles. The average molecular weight is 395 g/mol. The number of nitrogens with zero attached hydrogens (tertiary/aromatic N) is 3. The van der Waals surface area contributed by atoms with Gasteiger partial charge in [-0.15, -0.1) is 0 Å². The third-order valence-electron chi connectivity index (χ3n) is 5.28. The van der Waals surface area contributed by atoms with Crippen molar-refractivity contribution in [1.29, 1.82) is 0 Å². The molecule has 2 aromatic rings. The maximum Gasteiger partial charge on any atom is 0.341 e. The van der Waals surface area contributed by atoms with Gasteiger partial charge in [0.1, 0.15) is 17.9 Å². The van der Waals surface area contributed by atoms with Crippen molar-refractivity contribution >= 4 is 22.6 Å². The van der Waals surface area contributed by atoms with E-state index in [2.05, 4.69) is 4.90 Å². The van der Waals surface area contributed by atoms with Crippen LogP contribution in [-0.4, -0.2) is 67.1 Å². The van der Waals surface area contributed by atoms with E-state index in [-0.39, 0.29) is 34.9 Å². The number of anilines is 1. The van der Waals surface area contributed by atoms with Crippen molar-refractivity contribution in [2.45, 2.75) is 19.5 Å². The van der Waals surface area contributed by atoms with E-state index in [0.717, 1.165) is 18.8 Å². The Morgan fingerprint density at radius 3 is 2.68 bits per heavy atom. The zero-order valence-corrected chi connectivity index (χ0v) is 16.0. The Labute approximate surface area is 160 Å². The number of hydrogen-bond donors (Lipinski definition) is 1. The molecule has 0 bridgehead atoms. The lowest BCUT2D eigenvalue weighted by Gasteiger charge is -2.39. The van der Waals surface area contributed by atoms with Gasteiger partial charge >= 0.3 is 5.97 Å². The fourth-order valence-electron chi connectivity index (χ4n) is 3.65. The summed E-state index contributed by atoms with van der Waals surface area (Å²) >= 11 is 0. The molecule has 0 radical (unpaired) electrons. The molecule has 1 atom stereocenters. The van der Waals surface area contributed by atoms with Crippen LogP contribution >= 0.6 is 0 Å². The molecule has 1 aliphatic rings. The lowest BCUT2D eigenvalue weighted by Crippen LogP contribution is -2.50. The monoisotopic (exact) mass is 395 g/mol. The summed E-state index contributed by atoms with van der Waals surface area (Å²) in [5.41, 5.74) is -0.973. The number of carboxylic acid groups (broad SMARTS) is 1. The molecule has 0 spiro atoms. The Bertz CT molecular complexity index is 976. The van der Waals surface area contributed by atoms with Gasteiger partial charge in [0.2, 0.25) is 5.43 Å². The van der Waals surface area contributed by atoms with E-state index >= 15 is 4.39 Å². The number of piperazine rings is 1. The molecule has 1 aliphatic heterocycles. The third-order valence-corrected chi connectivity index (χ3v) is 5.28. The number of pyridine rings is 1. The summed E-state index contributed by atoms with van der Waals surface area (Å²) in [6, 6.07) is 1.20. The highest BCUT2D eigenvalue weighted by molar-refractivity contribution is 5.97. The maximum absolute atomic E-state index is 15.1. The number of methoxy groups -OCH3 is 1. The van der Waals surface area contributed by atoms with Crippen LogP contribution in [0.3, 0.4) is 0 Å². The third kappa shape index (κ3) is 3.30. The normalized spacial score (nSPS) is 17.9. The fraction of sp³-hybridized carbons (Fsp3) is 0.474. The average Bonchev–Trinajstić information content (AvgIpc) is 2.65. The van der Waals surface area contributed by atoms with Crippen molar-refractivity contribution < 1.29 is 23.4 Å². The highest BCUT2D eigenvalue weighted by atomic mass is 19.1. The number of alkyl halides is 1. The van der Waals surface area contributed by atoms with E-state index in [1.54, 1.807) is 0 Å². The van der Waals surface area contributed by atoms with Gasteiger partial charge in [-0.1, -0.05) is 0 Å². The number of fused-ring (bicyclic) bond motifs is 1. The number of aromatic carboxylic acids is 1. The van der Waals surface area contributed by atoms with Crippen LogP contribution in [0.15, 0.2) is 17.1 Å². The van der Waals surface area contributed by atoms with Crippen molar-refractivity contribution in [3.8, 4) is 5.75 Å². The molecule has 0 amide bonds. The number of hydrogen-bond acceptors (Lipinski definition) is 5. The first-order valence-corrected chi connectivity index (χ1v) is 8.98. The van der Waals surface area contributed by atoms with Crippen LogP contribution in [0.2, 0.25) is 0 Å². The second-order valence-electron chi connectivity index (χ2n) is 6.97. The van der Waals surface area contributed by atoms with Crippen LogP contribution in [-0.2, 0) is 6.54 Å². The second-order valence-corrected chi connectivity index (χ2v) is 6.97. The number of halogens is 2. The van der Waals surface area contributed by atoms with Crippen LogP contribution in [0.4, 0.5) is 14.5 Å². The second kappa shape index (κ2) is 7.75. The van der Waals surface area contributed by atoms with E-state index in [9.17, 15) is 19.1 Å². The summed E-state index contributed by atoms with van der Waals surface area (Å²) in [7, 11) is 3.34. The Morgan fingerprint density at radius 1 is 1.39 bits per heavy atom. The smallest absolute Gasteiger partial charge is 0.341 e. The minimum absolute atomic E-state index is 0.106. The van der Waals surface area contributed by atoms with Crippen molar-refractivity contribution in [3.63, 3.8) is 0 Å². The molecule has 0 aliphatic carbocycles. The van der Waals surface area contributed by atoms with Gasteiger partial charge in [-0.2, -0.15) is 0 Å². The van der Waals surface area contributed by atoms with Crippen molar-refractivity contribution in [2.75, 3.05) is 45.4 Å². The Balaban J connectivity index is 2.32. The molecule has 0 saturated carbocycles. The number of carbonyl (C=O) groups is 1. The minimum atomic E-state index is -1.45. The molecule has 2 heterocycles. The number of benzene rings is 1. The first-order valence-electron chi connectivity index (χ1n) is 8.98. The molecule has 9 heteroatoms. The van der Waals surface area contributed by atoms with Gasteiger partial charge in [-0.3, -0.25) is 4.79 Å². The van der Waals surface area contributed by atoms with E-state index in [0.29, 0.717) is 13.1 Å². The van der Waals surface area contributed by atoms with Crippen molar-refractivity contribution in [1.82, 2.24) is 9.47 Å². The summed E-state index contributed by atoms with van der Waals surface area (Å²) in [5.74, 6) is -2.02. The molecule has 28 heavy (non-hydrogen) atoms. The highest BCUT2D eigenvalue weighted by Crippen LogP contribution is 2.39. The first-order chi connectivity index (χ1) is 13.3. The van der Waals surface area contributed by atoms with E-state index < -0.39 is 29.5 Å². The Kier molecular flexibility index (Phi) is 5.55. The SMILES string of the molecule is COc1c(N2CCN(C)C(C)C2)c(F)cc2c(=O)c(C(=O)O)cn(CCF)c12. The molecule has 152 valence electrons. The fourth-order valence-corrected chi connectivity index (χ4v) is 3.65. The van der Waals surface area contributed by atoms with Crippen LogP contribution < -0.4 is 15.1 Å². The standard InChI is InChI=1S/C19H23F2N3O4/c1-11-9-24(7-6-22(11)2)16-14(21)8-12-15(18(16)28-3)23(5-4-20)10-13(17(12)25)19(26)27/h8,10-11H,4-7,9H2,1-3H3,(H,26,27). The minimum Gasteiger partial charge on any atom is -0.492 e. The predicted octanol–water partition coefficient (Wildman–Crippen LogP) is 1.96.